The highest BCUT2D eigenvalue weighted by Crippen LogP contribution is 2.10. The van der Waals surface area contributed by atoms with Crippen molar-refractivity contribution in [3.8, 4) is 11.5 Å². The Kier molecular flexibility index (Phi) is 15.6. The van der Waals surface area contributed by atoms with E-state index in [9.17, 15) is 10.2 Å². The van der Waals surface area contributed by atoms with Gasteiger partial charge >= 0.3 is 0 Å². The first kappa shape index (κ1) is 26.5. The average molecular weight is 429 g/mol. The molecule has 0 bridgehead atoms. The number of unbranched alkanes of at least 4 members (excludes halogenated alkanes) is 3. The molecule has 0 radical (unpaired) electrons. The highest BCUT2D eigenvalue weighted by Gasteiger charge is 1.96. The molecule has 4 nitrogen and oxygen atoms in total. The molecule has 0 fully saturated rings. The fraction of sp³-hybridized carbons (Fsp3) is 0.455. The third-order valence-corrected chi connectivity index (χ3v) is 4.51. The van der Waals surface area contributed by atoms with E-state index in [0.29, 0.717) is 11.5 Å². The summed E-state index contributed by atoms with van der Waals surface area (Å²) in [5.41, 5.74) is 2.52. The van der Waals surface area contributed by atoms with E-state index >= 15 is 0 Å². The van der Waals surface area contributed by atoms with Gasteiger partial charge in [0, 0.05) is 0 Å². The second-order valence-electron chi connectivity index (χ2n) is 6.75. The molecule has 2 rings (SSSR count). The Hall–Kier alpha value is -1.46. The van der Waals surface area contributed by atoms with E-state index in [-0.39, 0.29) is 24.8 Å². The zero-order valence-corrected chi connectivity index (χ0v) is 18.0. The lowest BCUT2D eigenvalue weighted by atomic mass is 10.1. The quantitative estimate of drug-likeness (QED) is 0.355. The van der Waals surface area contributed by atoms with E-state index in [2.05, 4.69) is 10.6 Å². The lowest BCUT2D eigenvalue weighted by Gasteiger charge is -2.07. The number of halogens is 2. The summed E-state index contributed by atoms with van der Waals surface area (Å²) in [5, 5.41) is 25.5. The molecule has 2 aromatic carbocycles. The van der Waals surface area contributed by atoms with Gasteiger partial charge in [0.1, 0.15) is 11.5 Å². The van der Waals surface area contributed by atoms with Crippen LogP contribution in [0.25, 0.3) is 0 Å². The molecule has 4 N–H and O–H groups in total. The number of nitrogens with one attached hydrogen (secondary N) is 2. The van der Waals surface area contributed by atoms with Crippen molar-refractivity contribution in [2.75, 3.05) is 26.2 Å². The minimum atomic E-state index is 0. The molecule has 0 aromatic heterocycles. The van der Waals surface area contributed by atoms with Crippen molar-refractivity contribution in [3.05, 3.63) is 59.7 Å². The highest BCUT2D eigenvalue weighted by molar-refractivity contribution is 5.85. The van der Waals surface area contributed by atoms with Crippen LogP contribution in [0.5, 0.6) is 11.5 Å². The molecular formula is C22H34Cl2N2O2. The molecule has 0 aliphatic rings. The number of hydrogen-bond acceptors (Lipinski definition) is 4. The molecular weight excluding hydrogens is 395 g/mol. The van der Waals surface area contributed by atoms with Gasteiger partial charge in [-0.1, -0.05) is 37.1 Å². The molecule has 28 heavy (non-hydrogen) atoms. The molecule has 0 spiro atoms. The Morgan fingerprint density at radius 1 is 0.500 bits per heavy atom. The standard InChI is InChI=1S/C22H32N2O2.2ClH/c25-21-9-5-19(6-10-21)13-17-23-15-3-1-2-4-16-24-18-14-20-7-11-22(26)12-8-20;;/h5-12,23-26H,1-4,13-18H2;2*1H. The van der Waals surface area contributed by atoms with Gasteiger partial charge in [0.25, 0.3) is 0 Å². The topological polar surface area (TPSA) is 64.5 Å². The van der Waals surface area contributed by atoms with E-state index in [1.165, 1.54) is 36.8 Å². The maximum Gasteiger partial charge on any atom is 0.115 e. The van der Waals surface area contributed by atoms with E-state index in [1.807, 2.05) is 24.3 Å². The Labute approximate surface area is 181 Å². The van der Waals surface area contributed by atoms with Crippen LogP contribution in [0.3, 0.4) is 0 Å². The summed E-state index contributed by atoms with van der Waals surface area (Å²) < 4.78 is 0. The van der Waals surface area contributed by atoms with Crippen molar-refractivity contribution in [2.45, 2.75) is 38.5 Å². The fourth-order valence-corrected chi connectivity index (χ4v) is 2.89. The number of rotatable bonds is 13. The van der Waals surface area contributed by atoms with E-state index in [1.54, 1.807) is 24.3 Å². The first-order valence-electron chi connectivity index (χ1n) is 9.71. The van der Waals surface area contributed by atoms with Gasteiger partial charge in [-0.25, -0.2) is 0 Å². The predicted octanol–water partition coefficient (Wildman–Crippen LogP) is 4.47. The average Bonchev–Trinajstić information content (AvgIpc) is 2.65. The van der Waals surface area contributed by atoms with Crippen LogP contribution in [0, 0.1) is 0 Å². The Balaban J connectivity index is 0.00000364. The first-order chi connectivity index (χ1) is 12.7. The lowest BCUT2D eigenvalue weighted by Crippen LogP contribution is -2.19. The smallest absolute Gasteiger partial charge is 0.115 e. The Bertz CT molecular complexity index is 551. The van der Waals surface area contributed by atoms with Crippen LogP contribution in [-0.2, 0) is 12.8 Å². The summed E-state index contributed by atoms with van der Waals surface area (Å²) in [7, 11) is 0. The minimum Gasteiger partial charge on any atom is -0.508 e. The largest absolute Gasteiger partial charge is 0.508 e. The van der Waals surface area contributed by atoms with Crippen LogP contribution in [0.2, 0.25) is 0 Å². The van der Waals surface area contributed by atoms with Crippen LogP contribution in [0.4, 0.5) is 0 Å². The van der Waals surface area contributed by atoms with Crippen molar-refractivity contribution in [2.24, 2.45) is 0 Å². The monoisotopic (exact) mass is 428 g/mol. The molecule has 158 valence electrons. The van der Waals surface area contributed by atoms with Gasteiger partial charge in [0.2, 0.25) is 0 Å². The van der Waals surface area contributed by atoms with Crippen LogP contribution < -0.4 is 10.6 Å². The van der Waals surface area contributed by atoms with Gasteiger partial charge < -0.3 is 20.8 Å². The Morgan fingerprint density at radius 3 is 1.21 bits per heavy atom. The van der Waals surface area contributed by atoms with E-state index < -0.39 is 0 Å². The third-order valence-electron chi connectivity index (χ3n) is 4.51. The number of phenolic OH excluding ortho intramolecular Hbond substituents is 2. The number of hydrogen-bond donors (Lipinski definition) is 4. The summed E-state index contributed by atoms with van der Waals surface area (Å²) in [6.07, 6.45) is 7.00. The van der Waals surface area contributed by atoms with Crippen molar-refractivity contribution in [1.29, 1.82) is 0 Å². The van der Waals surface area contributed by atoms with Crippen molar-refractivity contribution >= 4 is 24.8 Å². The maximum absolute atomic E-state index is 9.25. The molecule has 0 aliphatic heterocycles. The molecule has 0 aliphatic carbocycles. The molecule has 0 atom stereocenters. The zero-order chi connectivity index (χ0) is 18.5. The highest BCUT2D eigenvalue weighted by atomic mass is 35.5. The summed E-state index contributed by atoms with van der Waals surface area (Å²) in [5.74, 6) is 0.660. The molecule has 6 heteroatoms. The summed E-state index contributed by atoms with van der Waals surface area (Å²) in [4.78, 5) is 0. The van der Waals surface area contributed by atoms with Gasteiger partial charge in [-0.3, -0.25) is 0 Å². The van der Waals surface area contributed by atoms with Gasteiger partial charge in [-0.2, -0.15) is 0 Å². The lowest BCUT2D eigenvalue weighted by molar-refractivity contribution is 0.474. The van der Waals surface area contributed by atoms with Crippen LogP contribution in [0.15, 0.2) is 48.5 Å². The van der Waals surface area contributed by atoms with Crippen LogP contribution >= 0.6 is 24.8 Å². The second-order valence-corrected chi connectivity index (χ2v) is 6.75. The summed E-state index contributed by atoms with van der Waals surface area (Å²) in [6, 6.07) is 14.9. The predicted molar refractivity (Wildman–Crippen MR) is 122 cm³/mol. The minimum absolute atomic E-state index is 0. The first-order valence-corrected chi connectivity index (χ1v) is 9.71. The molecule has 2 aromatic rings. The molecule has 0 unspecified atom stereocenters. The second kappa shape index (κ2) is 16.5. The normalized spacial score (nSPS) is 10.1. The van der Waals surface area contributed by atoms with Crippen molar-refractivity contribution in [1.82, 2.24) is 10.6 Å². The van der Waals surface area contributed by atoms with E-state index in [4.69, 9.17) is 0 Å². The molecule has 0 saturated heterocycles. The number of benzene rings is 2. The number of aromatic hydroxyl groups is 2. The molecule has 0 saturated carbocycles. The van der Waals surface area contributed by atoms with Crippen LogP contribution in [-0.4, -0.2) is 36.4 Å². The van der Waals surface area contributed by atoms with Gasteiger partial charge in [-0.05, 0) is 87.3 Å². The van der Waals surface area contributed by atoms with Gasteiger partial charge in [-0.15, -0.1) is 24.8 Å². The van der Waals surface area contributed by atoms with E-state index in [0.717, 1.165) is 39.0 Å². The molecule has 0 amide bonds. The fourth-order valence-electron chi connectivity index (χ4n) is 2.89. The summed E-state index contributed by atoms with van der Waals surface area (Å²) in [6.45, 7) is 4.13. The molecule has 0 heterocycles. The maximum atomic E-state index is 9.25. The van der Waals surface area contributed by atoms with Crippen molar-refractivity contribution in [3.63, 3.8) is 0 Å². The number of phenols is 2. The summed E-state index contributed by atoms with van der Waals surface area (Å²) >= 11 is 0. The van der Waals surface area contributed by atoms with Gasteiger partial charge in [0.05, 0.1) is 0 Å². The Morgan fingerprint density at radius 2 is 0.857 bits per heavy atom. The van der Waals surface area contributed by atoms with Crippen LogP contribution in [0.1, 0.15) is 36.8 Å². The third kappa shape index (κ3) is 12.1. The zero-order valence-electron chi connectivity index (χ0n) is 16.4. The van der Waals surface area contributed by atoms with Gasteiger partial charge in [0.15, 0.2) is 0 Å². The SMILES string of the molecule is Cl.Cl.Oc1ccc(CCNCCCCCCNCCc2ccc(O)cc2)cc1. The van der Waals surface area contributed by atoms with Crippen molar-refractivity contribution < 1.29 is 10.2 Å².